The second-order valence-electron chi connectivity index (χ2n) is 4.82. The molecule has 2 N–H and O–H groups in total. The maximum Gasteiger partial charge on any atom is 0.122 e. The third-order valence-electron chi connectivity index (χ3n) is 3.39. The second kappa shape index (κ2) is 4.88. The minimum absolute atomic E-state index is 0.346. The molecule has 16 heavy (non-hydrogen) atoms. The van der Waals surface area contributed by atoms with E-state index in [1.165, 1.54) is 17.5 Å². The highest BCUT2D eigenvalue weighted by Crippen LogP contribution is 2.29. The van der Waals surface area contributed by atoms with Crippen LogP contribution in [0.1, 0.15) is 43.7 Å². The molecule has 0 radical (unpaired) electrons. The SMILES string of the molecule is CC1CCCc2cc(C(C)CN)ccc2O1. The van der Waals surface area contributed by atoms with Crippen LogP contribution in [0.25, 0.3) is 0 Å². The highest BCUT2D eigenvalue weighted by atomic mass is 16.5. The lowest BCUT2D eigenvalue weighted by molar-refractivity contribution is 0.216. The topological polar surface area (TPSA) is 35.2 Å². The third-order valence-corrected chi connectivity index (χ3v) is 3.39. The lowest BCUT2D eigenvalue weighted by atomic mass is 9.97. The summed E-state index contributed by atoms with van der Waals surface area (Å²) in [5, 5.41) is 0. The van der Waals surface area contributed by atoms with Gasteiger partial charge in [-0.3, -0.25) is 0 Å². The van der Waals surface area contributed by atoms with Crippen LogP contribution >= 0.6 is 0 Å². The van der Waals surface area contributed by atoms with Gasteiger partial charge < -0.3 is 10.5 Å². The van der Waals surface area contributed by atoms with Crippen LogP contribution in [0.3, 0.4) is 0 Å². The van der Waals surface area contributed by atoms with E-state index in [1.54, 1.807) is 0 Å². The maximum atomic E-state index is 5.89. The van der Waals surface area contributed by atoms with E-state index in [2.05, 4.69) is 32.0 Å². The van der Waals surface area contributed by atoms with E-state index in [-0.39, 0.29) is 0 Å². The minimum atomic E-state index is 0.346. The summed E-state index contributed by atoms with van der Waals surface area (Å²) in [6, 6.07) is 6.53. The van der Waals surface area contributed by atoms with Crippen LogP contribution in [0.4, 0.5) is 0 Å². The molecule has 2 atom stereocenters. The minimum Gasteiger partial charge on any atom is -0.490 e. The van der Waals surface area contributed by atoms with Crippen molar-refractivity contribution in [1.29, 1.82) is 0 Å². The van der Waals surface area contributed by atoms with E-state index in [9.17, 15) is 0 Å². The molecule has 1 aliphatic heterocycles. The Balaban J connectivity index is 2.27. The standard InChI is InChI=1S/C14H21NO/c1-10(9-15)12-6-7-14-13(8-12)5-3-4-11(2)16-14/h6-8,10-11H,3-5,9,15H2,1-2H3. The van der Waals surface area contributed by atoms with Crippen LogP contribution in [0.15, 0.2) is 18.2 Å². The van der Waals surface area contributed by atoms with Gasteiger partial charge in [0.2, 0.25) is 0 Å². The summed E-state index contributed by atoms with van der Waals surface area (Å²) in [6.45, 7) is 5.02. The van der Waals surface area contributed by atoms with E-state index in [0.29, 0.717) is 18.6 Å². The summed E-state index contributed by atoms with van der Waals surface area (Å²) >= 11 is 0. The van der Waals surface area contributed by atoms with Crippen LogP contribution in [-0.2, 0) is 6.42 Å². The van der Waals surface area contributed by atoms with Crippen LogP contribution in [0.2, 0.25) is 0 Å². The molecule has 0 aliphatic carbocycles. The Kier molecular flexibility index (Phi) is 3.49. The fourth-order valence-electron chi connectivity index (χ4n) is 2.21. The zero-order valence-corrected chi connectivity index (χ0v) is 10.2. The summed E-state index contributed by atoms with van der Waals surface area (Å²) < 4.78 is 5.89. The Hall–Kier alpha value is -1.02. The molecule has 0 spiro atoms. The molecule has 2 heteroatoms. The van der Waals surface area contributed by atoms with Crippen molar-refractivity contribution in [3.8, 4) is 5.75 Å². The number of benzene rings is 1. The molecule has 2 unspecified atom stereocenters. The molecule has 1 aromatic rings. The van der Waals surface area contributed by atoms with Gasteiger partial charge in [-0.25, -0.2) is 0 Å². The number of rotatable bonds is 2. The lowest BCUT2D eigenvalue weighted by Crippen LogP contribution is -2.11. The molecule has 0 bridgehead atoms. The zero-order valence-electron chi connectivity index (χ0n) is 10.2. The number of hydrogen-bond donors (Lipinski definition) is 1. The average Bonchev–Trinajstić information content (AvgIpc) is 2.47. The van der Waals surface area contributed by atoms with Gasteiger partial charge in [0, 0.05) is 0 Å². The quantitative estimate of drug-likeness (QED) is 0.830. The number of hydrogen-bond acceptors (Lipinski definition) is 2. The first-order valence-electron chi connectivity index (χ1n) is 6.20. The zero-order chi connectivity index (χ0) is 11.5. The fraction of sp³-hybridized carbons (Fsp3) is 0.571. The van der Waals surface area contributed by atoms with Crippen LogP contribution < -0.4 is 10.5 Å². The molecule has 0 amide bonds. The molecule has 0 saturated carbocycles. The summed E-state index contributed by atoms with van der Waals surface area (Å²) in [5.41, 5.74) is 8.38. The second-order valence-corrected chi connectivity index (χ2v) is 4.82. The molecule has 0 fully saturated rings. The van der Waals surface area contributed by atoms with E-state index in [4.69, 9.17) is 10.5 Å². The molecule has 88 valence electrons. The first-order valence-corrected chi connectivity index (χ1v) is 6.20. The Bertz CT molecular complexity index is 362. The molecule has 1 aromatic carbocycles. The molecule has 0 aromatic heterocycles. The molecule has 1 heterocycles. The molecular formula is C14H21NO. The predicted molar refractivity (Wildman–Crippen MR) is 66.9 cm³/mol. The maximum absolute atomic E-state index is 5.89. The van der Waals surface area contributed by atoms with Crippen molar-refractivity contribution in [2.75, 3.05) is 6.54 Å². The van der Waals surface area contributed by atoms with E-state index in [0.717, 1.165) is 18.6 Å². The third kappa shape index (κ3) is 2.38. The van der Waals surface area contributed by atoms with Gasteiger partial charge in [-0.1, -0.05) is 19.1 Å². The summed E-state index contributed by atoms with van der Waals surface area (Å²) in [5.74, 6) is 1.50. The van der Waals surface area contributed by atoms with Crippen molar-refractivity contribution in [2.45, 2.75) is 45.1 Å². The van der Waals surface area contributed by atoms with E-state index in [1.807, 2.05) is 0 Å². The van der Waals surface area contributed by atoms with Gasteiger partial charge in [0.15, 0.2) is 0 Å². The monoisotopic (exact) mass is 219 g/mol. The smallest absolute Gasteiger partial charge is 0.122 e. The molecule has 1 aliphatic rings. The highest BCUT2D eigenvalue weighted by Gasteiger charge is 2.15. The summed E-state index contributed by atoms with van der Waals surface area (Å²) in [4.78, 5) is 0. The first kappa shape index (κ1) is 11.5. The van der Waals surface area contributed by atoms with Crippen molar-refractivity contribution >= 4 is 0 Å². The Morgan fingerprint density at radius 3 is 3.06 bits per heavy atom. The van der Waals surface area contributed by atoms with Gasteiger partial charge in [0.05, 0.1) is 6.10 Å². The summed E-state index contributed by atoms with van der Waals surface area (Å²) in [7, 11) is 0. The highest BCUT2D eigenvalue weighted by molar-refractivity contribution is 5.39. The lowest BCUT2D eigenvalue weighted by Gasteiger charge is -2.15. The molecular weight excluding hydrogens is 198 g/mol. The van der Waals surface area contributed by atoms with E-state index < -0.39 is 0 Å². The molecule has 2 rings (SSSR count). The van der Waals surface area contributed by atoms with Crippen LogP contribution in [0, 0.1) is 0 Å². The van der Waals surface area contributed by atoms with Crippen molar-refractivity contribution in [2.24, 2.45) is 5.73 Å². The summed E-state index contributed by atoms with van der Waals surface area (Å²) in [6.07, 6.45) is 3.84. The van der Waals surface area contributed by atoms with Crippen molar-refractivity contribution in [3.05, 3.63) is 29.3 Å². The fourth-order valence-corrected chi connectivity index (χ4v) is 2.21. The van der Waals surface area contributed by atoms with Gasteiger partial charge >= 0.3 is 0 Å². The number of ether oxygens (including phenoxy) is 1. The van der Waals surface area contributed by atoms with Gasteiger partial charge in [0.25, 0.3) is 0 Å². The average molecular weight is 219 g/mol. The molecule has 2 nitrogen and oxygen atoms in total. The Labute approximate surface area is 97.8 Å². The normalized spacial score (nSPS) is 21.8. The predicted octanol–water partition coefficient (Wildman–Crippen LogP) is 2.85. The van der Waals surface area contributed by atoms with Gasteiger partial charge in [-0.2, -0.15) is 0 Å². The number of fused-ring (bicyclic) bond motifs is 1. The number of nitrogens with two attached hydrogens (primary N) is 1. The van der Waals surface area contributed by atoms with Crippen LogP contribution in [0.5, 0.6) is 5.75 Å². The van der Waals surface area contributed by atoms with Crippen molar-refractivity contribution in [3.63, 3.8) is 0 Å². The Morgan fingerprint density at radius 1 is 1.50 bits per heavy atom. The first-order chi connectivity index (χ1) is 7.70. The van der Waals surface area contributed by atoms with Crippen molar-refractivity contribution in [1.82, 2.24) is 0 Å². The number of aryl methyl sites for hydroxylation is 1. The molecule has 0 saturated heterocycles. The van der Waals surface area contributed by atoms with Gasteiger partial charge in [-0.05, 0) is 55.8 Å². The largest absolute Gasteiger partial charge is 0.490 e. The van der Waals surface area contributed by atoms with Crippen LogP contribution in [-0.4, -0.2) is 12.6 Å². The van der Waals surface area contributed by atoms with E-state index >= 15 is 0 Å². The van der Waals surface area contributed by atoms with Gasteiger partial charge in [-0.15, -0.1) is 0 Å². The Morgan fingerprint density at radius 2 is 2.31 bits per heavy atom. The van der Waals surface area contributed by atoms with Crippen molar-refractivity contribution < 1.29 is 4.74 Å². The van der Waals surface area contributed by atoms with Gasteiger partial charge in [0.1, 0.15) is 5.75 Å².